The number of nitriles is 1. The Labute approximate surface area is 126 Å². The lowest BCUT2D eigenvalue weighted by Crippen LogP contribution is -2.17. The van der Waals surface area contributed by atoms with Crippen molar-refractivity contribution in [3.05, 3.63) is 65.2 Å². The van der Waals surface area contributed by atoms with Crippen LogP contribution < -0.4 is 10.1 Å². The zero-order valence-corrected chi connectivity index (χ0v) is 12.3. The molecule has 0 heterocycles. The summed E-state index contributed by atoms with van der Waals surface area (Å²) in [5.74, 6) is 0.736. The van der Waals surface area contributed by atoms with Crippen LogP contribution in [0.3, 0.4) is 0 Å². The van der Waals surface area contributed by atoms with E-state index in [1.54, 1.807) is 0 Å². The maximum absolute atomic E-state index is 8.45. The van der Waals surface area contributed by atoms with Gasteiger partial charge >= 0.3 is 0 Å². The fourth-order valence-electron chi connectivity index (χ4n) is 2.17. The molecule has 0 unspecified atom stereocenters. The molecule has 108 valence electrons. The number of benzene rings is 2. The molecule has 2 aromatic carbocycles. The van der Waals surface area contributed by atoms with E-state index in [2.05, 4.69) is 36.5 Å². The Balaban J connectivity index is 1.74. The molecule has 0 saturated heterocycles. The van der Waals surface area contributed by atoms with Crippen LogP contribution in [0.2, 0.25) is 0 Å². The molecule has 0 radical (unpaired) electrons. The van der Waals surface area contributed by atoms with E-state index in [4.69, 9.17) is 10.00 Å². The van der Waals surface area contributed by atoms with E-state index in [1.165, 1.54) is 16.7 Å². The van der Waals surface area contributed by atoms with Gasteiger partial charge in [-0.05, 0) is 48.7 Å². The van der Waals surface area contributed by atoms with Crippen molar-refractivity contribution in [1.82, 2.24) is 5.32 Å². The predicted molar refractivity (Wildman–Crippen MR) is 84.1 cm³/mol. The van der Waals surface area contributed by atoms with E-state index < -0.39 is 0 Å². The quantitative estimate of drug-likeness (QED) is 0.792. The van der Waals surface area contributed by atoms with Crippen LogP contribution in [0.25, 0.3) is 0 Å². The fourth-order valence-corrected chi connectivity index (χ4v) is 2.17. The number of nitrogens with zero attached hydrogens (tertiary/aromatic N) is 1. The normalized spacial score (nSPS) is 10.1. The van der Waals surface area contributed by atoms with Gasteiger partial charge in [-0.1, -0.05) is 36.4 Å². The van der Waals surface area contributed by atoms with Gasteiger partial charge in [0, 0.05) is 6.54 Å². The zero-order valence-electron chi connectivity index (χ0n) is 12.3. The molecule has 0 amide bonds. The maximum Gasteiger partial charge on any atom is 0.174 e. The van der Waals surface area contributed by atoms with Crippen molar-refractivity contribution in [3.63, 3.8) is 0 Å². The van der Waals surface area contributed by atoms with Crippen LogP contribution in [0.15, 0.2) is 48.5 Å². The molecule has 0 saturated carbocycles. The molecule has 21 heavy (non-hydrogen) atoms. The predicted octanol–water partition coefficient (Wildman–Crippen LogP) is 3.23. The summed E-state index contributed by atoms with van der Waals surface area (Å²) >= 11 is 0. The van der Waals surface area contributed by atoms with Crippen molar-refractivity contribution in [2.75, 3.05) is 13.2 Å². The highest BCUT2D eigenvalue weighted by atomic mass is 16.5. The number of hydrogen-bond donors (Lipinski definition) is 1. The minimum absolute atomic E-state index is 0.0913. The third kappa shape index (κ3) is 4.94. The summed E-state index contributed by atoms with van der Waals surface area (Å²) in [5.41, 5.74) is 3.95. The van der Waals surface area contributed by atoms with Gasteiger partial charge < -0.3 is 10.1 Å². The number of ether oxygens (including phenoxy) is 1. The Hall–Kier alpha value is -2.31. The van der Waals surface area contributed by atoms with Crippen LogP contribution in [0.1, 0.15) is 16.7 Å². The van der Waals surface area contributed by atoms with Crippen LogP contribution in [-0.2, 0) is 13.0 Å². The van der Waals surface area contributed by atoms with E-state index in [-0.39, 0.29) is 6.61 Å². The minimum Gasteiger partial charge on any atom is -0.479 e. The molecule has 0 fully saturated rings. The van der Waals surface area contributed by atoms with E-state index in [9.17, 15) is 0 Å². The average molecular weight is 280 g/mol. The molecule has 3 nitrogen and oxygen atoms in total. The van der Waals surface area contributed by atoms with Crippen LogP contribution >= 0.6 is 0 Å². The third-order valence-corrected chi connectivity index (χ3v) is 3.39. The minimum atomic E-state index is 0.0913. The van der Waals surface area contributed by atoms with Gasteiger partial charge in [-0.2, -0.15) is 5.26 Å². The Morgan fingerprint density at radius 1 is 1.10 bits per heavy atom. The van der Waals surface area contributed by atoms with Crippen molar-refractivity contribution in [2.24, 2.45) is 0 Å². The summed E-state index contributed by atoms with van der Waals surface area (Å²) in [6, 6.07) is 18.3. The van der Waals surface area contributed by atoms with E-state index in [0.717, 1.165) is 25.3 Å². The van der Waals surface area contributed by atoms with Gasteiger partial charge in [0.2, 0.25) is 0 Å². The van der Waals surface area contributed by atoms with E-state index in [1.807, 2.05) is 30.3 Å². The molecule has 3 heteroatoms. The molecule has 0 aliphatic carbocycles. The summed E-state index contributed by atoms with van der Waals surface area (Å²) in [4.78, 5) is 0. The number of aryl methyl sites for hydroxylation is 1. The number of nitrogens with one attached hydrogen (secondary N) is 1. The lowest BCUT2D eigenvalue weighted by atomic mass is 10.1. The molecular formula is C18H20N2O. The first-order valence-corrected chi connectivity index (χ1v) is 7.13. The van der Waals surface area contributed by atoms with Gasteiger partial charge in [0.1, 0.15) is 11.8 Å². The zero-order chi connectivity index (χ0) is 14.9. The number of rotatable bonds is 7. The maximum atomic E-state index is 8.45. The molecule has 0 aliphatic heterocycles. The second-order valence-corrected chi connectivity index (χ2v) is 4.94. The first-order valence-electron chi connectivity index (χ1n) is 7.13. The van der Waals surface area contributed by atoms with Gasteiger partial charge in [0.25, 0.3) is 0 Å². The Morgan fingerprint density at radius 3 is 2.57 bits per heavy atom. The molecule has 2 aromatic rings. The van der Waals surface area contributed by atoms with E-state index in [0.29, 0.717) is 0 Å². The average Bonchev–Trinajstić information content (AvgIpc) is 2.52. The Morgan fingerprint density at radius 2 is 1.86 bits per heavy atom. The van der Waals surface area contributed by atoms with Crippen LogP contribution in [0, 0.1) is 18.3 Å². The van der Waals surface area contributed by atoms with Crippen molar-refractivity contribution < 1.29 is 4.74 Å². The lowest BCUT2D eigenvalue weighted by Gasteiger charge is -2.08. The van der Waals surface area contributed by atoms with Crippen molar-refractivity contribution in [1.29, 1.82) is 5.26 Å². The highest BCUT2D eigenvalue weighted by Gasteiger charge is 1.98. The second-order valence-electron chi connectivity index (χ2n) is 4.94. The van der Waals surface area contributed by atoms with Gasteiger partial charge in [-0.15, -0.1) is 0 Å². The van der Waals surface area contributed by atoms with Crippen molar-refractivity contribution >= 4 is 0 Å². The first kappa shape index (κ1) is 15.1. The van der Waals surface area contributed by atoms with Gasteiger partial charge in [0.05, 0.1) is 0 Å². The molecule has 0 atom stereocenters. The molecular weight excluding hydrogens is 260 g/mol. The van der Waals surface area contributed by atoms with Gasteiger partial charge in [0.15, 0.2) is 6.61 Å². The first-order chi connectivity index (χ1) is 10.3. The Bertz CT molecular complexity index is 599. The summed E-state index contributed by atoms with van der Waals surface area (Å²) in [7, 11) is 0. The monoisotopic (exact) mass is 280 g/mol. The van der Waals surface area contributed by atoms with Crippen molar-refractivity contribution in [3.8, 4) is 11.8 Å². The molecule has 2 rings (SSSR count). The molecule has 0 spiro atoms. The van der Waals surface area contributed by atoms with Crippen LogP contribution in [0.4, 0.5) is 0 Å². The van der Waals surface area contributed by atoms with E-state index >= 15 is 0 Å². The molecule has 0 aliphatic rings. The molecule has 0 aromatic heterocycles. The molecule has 0 bridgehead atoms. The van der Waals surface area contributed by atoms with Crippen molar-refractivity contribution in [2.45, 2.75) is 19.9 Å². The highest BCUT2D eigenvalue weighted by Crippen LogP contribution is 2.12. The van der Waals surface area contributed by atoms with Gasteiger partial charge in [-0.25, -0.2) is 0 Å². The summed E-state index contributed by atoms with van der Waals surface area (Å²) in [6.45, 7) is 4.03. The number of hydrogen-bond acceptors (Lipinski definition) is 3. The second kappa shape index (κ2) is 8.08. The smallest absolute Gasteiger partial charge is 0.174 e. The lowest BCUT2D eigenvalue weighted by molar-refractivity contribution is 0.368. The van der Waals surface area contributed by atoms with Gasteiger partial charge in [-0.3, -0.25) is 0 Å². The standard InChI is InChI=1S/C18H20N2O/c1-15-4-2-3-5-17(15)10-12-20-14-16-6-8-18(9-7-16)21-13-11-19/h2-9,20H,10,12-14H2,1H3. The largest absolute Gasteiger partial charge is 0.479 e. The van der Waals surface area contributed by atoms with Crippen LogP contribution in [0.5, 0.6) is 5.75 Å². The summed E-state index contributed by atoms with van der Waals surface area (Å²) in [6.07, 6.45) is 1.04. The fraction of sp³-hybridized carbons (Fsp3) is 0.278. The molecule has 1 N–H and O–H groups in total. The summed E-state index contributed by atoms with van der Waals surface area (Å²) < 4.78 is 5.23. The SMILES string of the molecule is Cc1ccccc1CCNCc1ccc(OCC#N)cc1. The van der Waals surface area contributed by atoms with Crippen LogP contribution in [-0.4, -0.2) is 13.2 Å². The third-order valence-electron chi connectivity index (χ3n) is 3.39. The Kier molecular flexibility index (Phi) is 5.81. The topological polar surface area (TPSA) is 45.0 Å². The highest BCUT2D eigenvalue weighted by molar-refractivity contribution is 5.28. The summed E-state index contributed by atoms with van der Waals surface area (Å²) in [5, 5.41) is 11.9.